The maximum Gasteiger partial charge on any atom is 0.407 e. The van der Waals surface area contributed by atoms with Crippen LogP contribution in [0.4, 0.5) is 4.79 Å². The summed E-state index contributed by atoms with van der Waals surface area (Å²) in [5, 5.41) is 14.2. The number of aliphatic hydroxyl groups is 1. The first kappa shape index (κ1) is 30.5. The average molecular weight is 607 g/mol. The van der Waals surface area contributed by atoms with Gasteiger partial charge in [-0.15, -0.1) is 0 Å². The summed E-state index contributed by atoms with van der Waals surface area (Å²) in [6.45, 7) is 4.08. The van der Waals surface area contributed by atoms with Gasteiger partial charge in [-0.1, -0.05) is 48.6 Å². The van der Waals surface area contributed by atoms with Gasteiger partial charge in [0, 0.05) is 6.07 Å². The molecule has 0 aliphatic carbocycles. The summed E-state index contributed by atoms with van der Waals surface area (Å²) in [5.41, 5.74) is 0.835. The van der Waals surface area contributed by atoms with Gasteiger partial charge in [-0.05, 0) is 43.4 Å². The zero-order valence-electron chi connectivity index (χ0n) is 23.7. The standard InChI is InChI=1S/C29H38N2O10S/c1-3-20(4-2)41-31(42(34,35)21-10-11-25-26(15-21)39-18-38-25)16-24(32)23(14-19-8-6-5-7-9-19)30-29(33)40-27-17-37-28-22(27)12-13-36-28/h5-11,15,20,22-24,27-28,32H,3-4,12-14,16-18H2,1-2H3,(H,30,33)/t22-,23-,24+,27-,28+/m0/s1. The Labute approximate surface area is 245 Å². The van der Waals surface area contributed by atoms with Crippen molar-refractivity contribution in [2.45, 2.75) is 75.1 Å². The molecule has 0 bridgehead atoms. The van der Waals surface area contributed by atoms with Gasteiger partial charge < -0.3 is 34.1 Å². The Hall–Kier alpha value is -2.94. The molecule has 12 nitrogen and oxygen atoms in total. The molecule has 3 aliphatic heterocycles. The predicted molar refractivity (Wildman–Crippen MR) is 149 cm³/mol. The van der Waals surface area contributed by atoms with Crippen molar-refractivity contribution in [2.24, 2.45) is 5.92 Å². The lowest BCUT2D eigenvalue weighted by Gasteiger charge is -2.31. The van der Waals surface area contributed by atoms with E-state index in [0.29, 0.717) is 30.9 Å². The minimum absolute atomic E-state index is 0.00412. The molecule has 0 spiro atoms. The fraction of sp³-hybridized carbons (Fsp3) is 0.552. The highest BCUT2D eigenvalue weighted by Gasteiger charge is 2.44. The maximum atomic E-state index is 13.8. The van der Waals surface area contributed by atoms with E-state index in [1.165, 1.54) is 18.2 Å². The maximum absolute atomic E-state index is 13.8. The predicted octanol–water partition coefficient (Wildman–Crippen LogP) is 2.99. The molecule has 2 N–H and O–H groups in total. The Kier molecular flexibility index (Phi) is 9.86. The molecule has 0 radical (unpaired) electrons. The van der Waals surface area contributed by atoms with Crippen molar-refractivity contribution in [3.63, 3.8) is 0 Å². The first-order valence-corrected chi connectivity index (χ1v) is 15.7. The zero-order chi connectivity index (χ0) is 29.7. The van der Waals surface area contributed by atoms with Crippen LogP contribution in [-0.4, -0.2) is 81.3 Å². The van der Waals surface area contributed by atoms with Gasteiger partial charge in [0.1, 0.15) is 6.10 Å². The number of carbonyl (C=O) groups is 1. The molecule has 0 aromatic heterocycles. The molecule has 5 rings (SSSR count). The quantitative estimate of drug-likeness (QED) is 0.327. The van der Waals surface area contributed by atoms with E-state index in [1.54, 1.807) is 0 Å². The van der Waals surface area contributed by atoms with Crippen LogP contribution in [0.15, 0.2) is 53.4 Å². The molecule has 2 saturated heterocycles. The number of hydrogen-bond acceptors (Lipinski definition) is 10. The van der Waals surface area contributed by atoms with Crippen LogP contribution >= 0.6 is 0 Å². The third-order valence-electron chi connectivity index (χ3n) is 7.73. The van der Waals surface area contributed by atoms with E-state index in [4.69, 9.17) is 28.5 Å². The monoisotopic (exact) mass is 606 g/mol. The van der Waals surface area contributed by atoms with E-state index in [9.17, 15) is 18.3 Å². The topological polar surface area (TPSA) is 142 Å². The number of fused-ring (bicyclic) bond motifs is 2. The van der Waals surface area contributed by atoms with Crippen LogP contribution in [0.3, 0.4) is 0 Å². The Balaban J connectivity index is 1.35. The Bertz CT molecular complexity index is 1310. The van der Waals surface area contributed by atoms with Crippen molar-refractivity contribution in [1.29, 1.82) is 0 Å². The van der Waals surface area contributed by atoms with Crippen molar-refractivity contribution in [3.8, 4) is 11.5 Å². The SMILES string of the molecule is CCC(CC)ON(C[C@@H](O)[C@H](Cc1ccccc1)NC(=O)O[C@H]1CO[C@H]2OCC[C@H]21)S(=O)(=O)c1ccc2c(c1)OCO2. The third kappa shape index (κ3) is 6.99. The lowest BCUT2D eigenvalue weighted by atomic mass is 10.0. The van der Waals surface area contributed by atoms with Crippen molar-refractivity contribution in [1.82, 2.24) is 9.79 Å². The van der Waals surface area contributed by atoms with Crippen LogP contribution in [0.2, 0.25) is 0 Å². The summed E-state index contributed by atoms with van der Waals surface area (Å²) in [5.74, 6) is 0.690. The third-order valence-corrected chi connectivity index (χ3v) is 9.35. The normalized spacial score (nSPS) is 22.7. The Morgan fingerprint density at radius 3 is 2.62 bits per heavy atom. The summed E-state index contributed by atoms with van der Waals surface area (Å²) in [4.78, 5) is 18.9. The van der Waals surface area contributed by atoms with Gasteiger partial charge in [0.15, 0.2) is 17.8 Å². The van der Waals surface area contributed by atoms with Crippen molar-refractivity contribution in [3.05, 3.63) is 54.1 Å². The molecule has 3 aliphatic rings. The van der Waals surface area contributed by atoms with E-state index in [0.717, 1.165) is 16.5 Å². The smallest absolute Gasteiger partial charge is 0.407 e. The van der Waals surface area contributed by atoms with Gasteiger partial charge >= 0.3 is 6.09 Å². The second-order valence-corrected chi connectivity index (χ2v) is 12.4. The van der Waals surface area contributed by atoms with Gasteiger partial charge in [0.25, 0.3) is 10.0 Å². The number of carbonyl (C=O) groups excluding carboxylic acids is 1. The van der Waals surface area contributed by atoms with Crippen LogP contribution in [0.1, 0.15) is 38.7 Å². The minimum atomic E-state index is -4.26. The number of amides is 1. The van der Waals surface area contributed by atoms with Gasteiger partial charge in [-0.25, -0.2) is 13.2 Å². The lowest BCUT2D eigenvalue weighted by Crippen LogP contribution is -2.51. The number of ether oxygens (including phenoxy) is 5. The van der Waals surface area contributed by atoms with Crippen molar-refractivity contribution in [2.75, 3.05) is 26.6 Å². The average Bonchev–Trinajstić information content (AvgIpc) is 3.74. The molecule has 13 heteroatoms. The molecule has 2 aromatic rings. The van der Waals surface area contributed by atoms with E-state index >= 15 is 0 Å². The number of nitrogens with zero attached hydrogens (tertiary/aromatic N) is 1. The van der Waals surface area contributed by atoms with E-state index < -0.39 is 47.0 Å². The molecular weight excluding hydrogens is 568 g/mol. The number of nitrogens with one attached hydrogen (secondary N) is 1. The number of hydrogen-bond donors (Lipinski definition) is 2. The van der Waals surface area contributed by atoms with Gasteiger partial charge in [0.05, 0.1) is 48.8 Å². The zero-order valence-corrected chi connectivity index (χ0v) is 24.5. The highest BCUT2D eigenvalue weighted by Crippen LogP contribution is 2.35. The highest BCUT2D eigenvalue weighted by molar-refractivity contribution is 7.89. The number of benzene rings is 2. The van der Waals surface area contributed by atoms with E-state index in [1.807, 2.05) is 44.2 Å². The summed E-state index contributed by atoms with van der Waals surface area (Å²) < 4.78 is 55.9. The van der Waals surface area contributed by atoms with Gasteiger partial charge in [-0.3, -0.25) is 4.84 Å². The Morgan fingerprint density at radius 1 is 1.10 bits per heavy atom. The van der Waals surface area contributed by atoms with Gasteiger partial charge in [0.2, 0.25) is 6.79 Å². The molecule has 0 saturated carbocycles. The molecule has 42 heavy (non-hydrogen) atoms. The number of hydroxylamine groups is 1. The molecule has 0 unspecified atom stereocenters. The fourth-order valence-corrected chi connectivity index (χ4v) is 6.57. The van der Waals surface area contributed by atoms with Crippen LogP contribution in [0, 0.1) is 5.92 Å². The van der Waals surface area contributed by atoms with Crippen LogP contribution < -0.4 is 14.8 Å². The molecule has 2 fully saturated rings. The number of aliphatic hydroxyl groups excluding tert-OH is 1. The van der Waals surface area contributed by atoms with Gasteiger partial charge in [-0.2, -0.15) is 0 Å². The van der Waals surface area contributed by atoms with Crippen LogP contribution in [0.5, 0.6) is 11.5 Å². The number of sulfonamides is 1. The molecule has 2 aromatic carbocycles. The molecule has 5 atom stereocenters. The number of rotatable bonds is 13. The second kappa shape index (κ2) is 13.6. The minimum Gasteiger partial charge on any atom is -0.454 e. The van der Waals surface area contributed by atoms with E-state index in [2.05, 4.69) is 5.32 Å². The Morgan fingerprint density at radius 2 is 1.86 bits per heavy atom. The fourth-order valence-electron chi connectivity index (χ4n) is 5.26. The van der Waals surface area contributed by atoms with Crippen LogP contribution in [0.25, 0.3) is 0 Å². The molecular formula is C29H38N2O10S. The summed E-state index contributed by atoms with van der Waals surface area (Å²) >= 11 is 0. The lowest BCUT2D eigenvalue weighted by molar-refractivity contribution is -0.149. The molecule has 3 heterocycles. The first-order chi connectivity index (χ1) is 20.3. The van der Waals surface area contributed by atoms with E-state index in [-0.39, 0.29) is 36.9 Å². The summed E-state index contributed by atoms with van der Waals surface area (Å²) in [6, 6.07) is 12.7. The molecule has 230 valence electrons. The second-order valence-electron chi connectivity index (χ2n) is 10.5. The molecule has 1 amide bonds. The highest BCUT2D eigenvalue weighted by atomic mass is 32.2. The summed E-state index contributed by atoms with van der Waals surface area (Å²) in [7, 11) is -4.26. The van der Waals surface area contributed by atoms with Crippen LogP contribution in [-0.2, 0) is 35.5 Å². The van der Waals surface area contributed by atoms with Crippen molar-refractivity contribution >= 4 is 16.1 Å². The number of alkyl carbamates (subject to hydrolysis) is 1. The van der Waals surface area contributed by atoms with Crippen molar-refractivity contribution < 1.29 is 46.8 Å². The first-order valence-electron chi connectivity index (χ1n) is 14.3. The summed E-state index contributed by atoms with van der Waals surface area (Å²) in [6.07, 6.45) is -1.34. The largest absolute Gasteiger partial charge is 0.454 e.